The third kappa shape index (κ3) is 1.75. The topological polar surface area (TPSA) is 57.5 Å². The molecule has 3 heteroatoms. The lowest BCUT2D eigenvalue weighted by Crippen LogP contribution is -2.51. The molecule has 2 aliphatic carbocycles. The van der Waals surface area contributed by atoms with E-state index in [9.17, 15) is 15.0 Å². The van der Waals surface area contributed by atoms with Crippen molar-refractivity contribution >= 4 is 5.97 Å². The van der Waals surface area contributed by atoms with Gasteiger partial charge >= 0.3 is 5.97 Å². The molecular formula is C13H22O3. The molecule has 2 N–H and O–H groups in total. The number of hydrogen-bond acceptors (Lipinski definition) is 2. The minimum Gasteiger partial charge on any atom is -0.481 e. The molecule has 2 rings (SSSR count). The highest BCUT2D eigenvalue weighted by atomic mass is 16.4. The fourth-order valence-electron chi connectivity index (χ4n) is 3.65. The fraction of sp³-hybridized carbons (Fsp3) is 0.923. The van der Waals surface area contributed by atoms with E-state index in [0.717, 1.165) is 38.5 Å². The van der Waals surface area contributed by atoms with Gasteiger partial charge in [0.15, 0.2) is 0 Å². The van der Waals surface area contributed by atoms with Crippen molar-refractivity contribution in [2.24, 2.45) is 5.41 Å². The maximum atomic E-state index is 11.7. The quantitative estimate of drug-likeness (QED) is 0.712. The standard InChI is InChI=1S/C13H22O3/c14-11(15)12(7-3-1-2-4-8-12)13(16)9-5-6-10-13/h16H,1-10H2,(H,14,15). The summed E-state index contributed by atoms with van der Waals surface area (Å²) in [6.07, 6.45) is 8.78. The van der Waals surface area contributed by atoms with Crippen molar-refractivity contribution < 1.29 is 15.0 Å². The lowest BCUT2D eigenvalue weighted by Gasteiger charge is -2.41. The predicted octanol–water partition coefficient (Wildman–Crippen LogP) is 2.72. The van der Waals surface area contributed by atoms with Crippen LogP contribution in [0.5, 0.6) is 0 Å². The summed E-state index contributed by atoms with van der Waals surface area (Å²) in [6.45, 7) is 0. The molecule has 0 aromatic rings. The van der Waals surface area contributed by atoms with Gasteiger partial charge in [-0.25, -0.2) is 0 Å². The Kier molecular flexibility index (Phi) is 3.24. The highest BCUT2D eigenvalue weighted by Crippen LogP contribution is 2.51. The Morgan fingerprint density at radius 1 is 0.812 bits per heavy atom. The maximum Gasteiger partial charge on any atom is 0.312 e. The predicted molar refractivity (Wildman–Crippen MR) is 61.2 cm³/mol. The summed E-state index contributed by atoms with van der Waals surface area (Å²) < 4.78 is 0. The van der Waals surface area contributed by atoms with Crippen molar-refractivity contribution in [3.05, 3.63) is 0 Å². The van der Waals surface area contributed by atoms with E-state index in [2.05, 4.69) is 0 Å². The zero-order valence-electron chi connectivity index (χ0n) is 9.87. The molecule has 16 heavy (non-hydrogen) atoms. The van der Waals surface area contributed by atoms with Crippen LogP contribution in [-0.4, -0.2) is 21.8 Å². The Hall–Kier alpha value is -0.570. The van der Waals surface area contributed by atoms with Gasteiger partial charge in [0.05, 0.1) is 11.0 Å². The Morgan fingerprint density at radius 3 is 1.69 bits per heavy atom. The van der Waals surface area contributed by atoms with Gasteiger partial charge in [0.25, 0.3) is 0 Å². The van der Waals surface area contributed by atoms with Gasteiger partial charge in [-0.1, -0.05) is 38.5 Å². The maximum absolute atomic E-state index is 11.7. The van der Waals surface area contributed by atoms with Crippen LogP contribution in [0.2, 0.25) is 0 Å². The van der Waals surface area contributed by atoms with Crippen molar-refractivity contribution in [3.8, 4) is 0 Å². The zero-order chi connectivity index (χ0) is 11.6. The van der Waals surface area contributed by atoms with Crippen LogP contribution in [0, 0.1) is 5.41 Å². The van der Waals surface area contributed by atoms with Crippen LogP contribution in [0.1, 0.15) is 64.2 Å². The minimum absolute atomic E-state index is 0.666. The van der Waals surface area contributed by atoms with Gasteiger partial charge in [0.2, 0.25) is 0 Å². The second-order valence-electron chi connectivity index (χ2n) is 5.54. The zero-order valence-corrected chi connectivity index (χ0v) is 9.87. The van der Waals surface area contributed by atoms with Gasteiger partial charge in [-0.05, 0) is 25.7 Å². The average molecular weight is 226 g/mol. The highest BCUT2D eigenvalue weighted by Gasteiger charge is 2.56. The third-order valence-electron chi connectivity index (χ3n) is 4.69. The molecular weight excluding hydrogens is 204 g/mol. The minimum atomic E-state index is -0.927. The number of aliphatic carboxylic acids is 1. The Labute approximate surface area is 96.9 Å². The summed E-state index contributed by atoms with van der Waals surface area (Å²) >= 11 is 0. The first-order valence-corrected chi connectivity index (χ1v) is 6.57. The van der Waals surface area contributed by atoms with E-state index in [4.69, 9.17) is 0 Å². The summed E-state index contributed by atoms with van der Waals surface area (Å²) in [4.78, 5) is 11.7. The molecule has 0 aromatic heterocycles. The first-order chi connectivity index (χ1) is 7.61. The number of carbonyl (C=O) groups is 1. The van der Waals surface area contributed by atoms with Crippen LogP contribution < -0.4 is 0 Å². The summed E-state index contributed by atoms with van der Waals surface area (Å²) in [5.74, 6) is -0.765. The summed E-state index contributed by atoms with van der Waals surface area (Å²) in [5.41, 5.74) is -1.77. The Morgan fingerprint density at radius 2 is 1.25 bits per heavy atom. The van der Waals surface area contributed by atoms with Crippen molar-refractivity contribution in [2.75, 3.05) is 0 Å². The molecule has 0 bridgehead atoms. The third-order valence-corrected chi connectivity index (χ3v) is 4.69. The summed E-state index contributed by atoms with van der Waals surface area (Å²) in [7, 11) is 0. The lowest BCUT2D eigenvalue weighted by molar-refractivity contribution is -0.171. The lowest BCUT2D eigenvalue weighted by atomic mass is 9.66. The fourth-order valence-corrected chi connectivity index (χ4v) is 3.65. The van der Waals surface area contributed by atoms with Gasteiger partial charge in [-0.3, -0.25) is 4.79 Å². The monoisotopic (exact) mass is 226 g/mol. The van der Waals surface area contributed by atoms with Crippen molar-refractivity contribution in [3.63, 3.8) is 0 Å². The molecule has 0 aromatic carbocycles. The van der Waals surface area contributed by atoms with Gasteiger partial charge in [0, 0.05) is 0 Å². The molecule has 0 aliphatic heterocycles. The van der Waals surface area contributed by atoms with Gasteiger partial charge < -0.3 is 10.2 Å². The molecule has 0 atom stereocenters. The molecule has 92 valence electrons. The van der Waals surface area contributed by atoms with Crippen LogP contribution in [0.3, 0.4) is 0 Å². The van der Waals surface area contributed by atoms with Crippen molar-refractivity contribution in [1.29, 1.82) is 0 Å². The van der Waals surface area contributed by atoms with E-state index >= 15 is 0 Å². The van der Waals surface area contributed by atoms with Gasteiger partial charge in [0.1, 0.15) is 0 Å². The molecule has 2 fully saturated rings. The van der Waals surface area contributed by atoms with Crippen LogP contribution in [-0.2, 0) is 4.79 Å². The van der Waals surface area contributed by atoms with Gasteiger partial charge in [-0.2, -0.15) is 0 Å². The highest BCUT2D eigenvalue weighted by molar-refractivity contribution is 5.76. The van der Waals surface area contributed by atoms with Crippen molar-refractivity contribution in [2.45, 2.75) is 69.8 Å². The molecule has 0 unspecified atom stereocenters. The van der Waals surface area contributed by atoms with E-state index in [1.807, 2.05) is 0 Å². The van der Waals surface area contributed by atoms with Crippen LogP contribution >= 0.6 is 0 Å². The second kappa shape index (κ2) is 4.36. The molecule has 0 amide bonds. The number of aliphatic hydroxyl groups is 1. The Balaban J connectivity index is 2.29. The number of rotatable bonds is 2. The SMILES string of the molecule is O=C(O)C1(C2(O)CCCC2)CCCCCC1. The smallest absolute Gasteiger partial charge is 0.312 e. The molecule has 0 radical (unpaired) electrons. The first kappa shape index (κ1) is 11.9. The number of carboxylic acids is 1. The van der Waals surface area contributed by atoms with E-state index in [0.29, 0.717) is 25.7 Å². The van der Waals surface area contributed by atoms with Crippen LogP contribution in [0.15, 0.2) is 0 Å². The molecule has 2 aliphatic rings. The normalized spacial score (nSPS) is 28.6. The molecule has 3 nitrogen and oxygen atoms in total. The van der Waals surface area contributed by atoms with Crippen LogP contribution in [0.4, 0.5) is 0 Å². The van der Waals surface area contributed by atoms with Gasteiger partial charge in [-0.15, -0.1) is 0 Å². The summed E-state index contributed by atoms with van der Waals surface area (Å²) in [5, 5.41) is 20.3. The van der Waals surface area contributed by atoms with E-state index in [-0.39, 0.29) is 0 Å². The second-order valence-corrected chi connectivity index (χ2v) is 5.54. The Bertz CT molecular complexity index is 258. The van der Waals surface area contributed by atoms with Crippen LogP contribution in [0.25, 0.3) is 0 Å². The number of hydrogen-bond donors (Lipinski definition) is 2. The average Bonchev–Trinajstić information content (AvgIpc) is 2.56. The molecule has 0 spiro atoms. The van der Waals surface area contributed by atoms with E-state index < -0.39 is 17.0 Å². The number of carboxylic acid groups (broad SMARTS) is 1. The van der Waals surface area contributed by atoms with Crippen molar-refractivity contribution in [1.82, 2.24) is 0 Å². The first-order valence-electron chi connectivity index (χ1n) is 6.57. The van der Waals surface area contributed by atoms with E-state index in [1.54, 1.807) is 0 Å². The molecule has 0 heterocycles. The molecule has 2 saturated carbocycles. The molecule has 0 saturated heterocycles. The van der Waals surface area contributed by atoms with E-state index in [1.165, 1.54) is 0 Å². The largest absolute Gasteiger partial charge is 0.481 e. The summed E-state index contributed by atoms with van der Waals surface area (Å²) in [6, 6.07) is 0.